The highest BCUT2D eigenvalue weighted by atomic mass is 16.5. The third-order valence-corrected chi connectivity index (χ3v) is 2.65. The number of carbonyl (C=O) groups excluding carboxylic acids is 1. The normalized spacial score (nSPS) is 12.2. The number of benzene rings is 1. The van der Waals surface area contributed by atoms with Crippen LogP contribution in [0.25, 0.3) is 0 Å². The summed E-state index contributed by atoms with van der Waals surface area (Å²) in [6.07, 6.45) is 4.19. The van der Waals surface area contributed by atoms with Crippen molar-refractivity contribution in [1.29, 1.82) is 0 Å². The van der Waals surface area contributed by atoms with Crippen LogP contribution in [0.1, 0.15) is 44.5 Å². The Morgan fingerprint density at radius 3 is 2.42 bits per heavy atom. The molecule has 0 saturated heterocycles. The smallest absolute Gasteiger partial charge is 0.165 e. The fourth-order valence-corrected chi connectivity index (χ4v) is 1.54. The molecule has 3 nitrogen and oxygen atoms in total. The van der Waals surface area contributed by atoms with Crippen molar-refractivity contribution >= 4 is 12.0 Å². The Labute approximate surface area is 115 Å². The zero-order chi connectivity index (χ0) is 14.3. The van der Waals surface area contributed by atoms with Gasteiger partial charge in [-0.3, -0.25) is 9.79 Å². The fourth-order valence-electron chi connectivity index (χ4n) is 1.54. The third kappa shape index (κ3) is 4.70. The lowest BCUT2D eigenvalue weighted by atomic mass is 10.0. The molecule has 1 rings (SSSR count). The molecule has 0 aromatic heterocycles. The molecule has 0 radical (unpaired) electrons. The van der Waals surface area contributed by atoms with Crippen LogP contribution in [0.3, 0.4) is 0 Å². The molecule has 3 heteroatoms. The SMILES string of the molecule is CC=N/C(=C\Oc1ccc(C(=O)C(C)C)cc1)CC. The monoisotopic (exact) mass is 259 g/mol. The van der Waals surface area contributed by atoms with Crippen LogP contribution >= 0.6 is 0 Å². The van der Waals surface area contributed by atoms with E-state index in [1.54, 1.807) is 36.7 Å². The van der Waals surface area contributed by atoms with Crippen molar-refractivity contribution in [2.45, 2.75) is 34.1 Å². The lowest BCUT2D eigenvalue weighted by Gasteiger charge is -2.06. The summed E-state index contributed by atoms with van der Waals surface area (Å²) in [4.78, 5) is 16.0. The minimum Gasteiger partial charge on any atom is -0.463 e. The van der Waals surface area contributed by atoms with E-state index in [0.29, 0.717) is 11.3 Å². The third-order valence-electron chi connectivity index (χ3n) is 2.65. The standard InChI is InChI=1S/C16H21NO2/c1-5-14(17-6-2)11-19-15-9-7-13(8-10-15)16(18)12(3)4/h6-12H,5H2,1-4H3/b14-11-,17-6?. The number of nitrogens with zero attached hydrogens (tertiary/aromatic N) is 1. The first kappa shape index (κ1) is 15.2. The maximum Gasteiger partial charge on any atom is 0.165 e. The molecule has 0 saturated carbocycles. The van der Waals surface area contributed by atoms with E-state index in [9.17, 15) is 4.79 Å². The highest BCUT2D eigenvalue weighted by Gasteiger charge is 2.09. The van der Waals surface area contributed by atoms with Crippen LogP contribution in [-0.2, 0) is 0 Å². The molecule has 102 valence electrons. The maximum atomic E-state index is 11.8. The number of ether oxygens (including phenoxy) is 1. The van der Waals surface area contributed by atoms with Crippen molar-refractivity contribution in [3.8, 4) is 5.75 Å². The van der Waals surface area contributed by atoms with Crippen molar-refractivity contribution in [2.24, 2.45) is 10.9 Å². The second-order valence-electron chi connectivity index (χ2n) is 4.51. The molecule has 1 aromatic rings. The van der Waals surface area contributed by atoms with Gasteiger partial charge in [0.05, 0.1) is 5.70 Å². The molecule has 0 aliphatic heterocycles. The van der Waals surface area contributed by atoms with E-state index < -0.39 is 0 Å². The molecule has 0 aliphatic rings. The van der Waals surface area contributed by atoms with Crippen LogP contribution in [0, 0.1) is 5.92 Å². The summed E-state index contributed by atoms with van der Waals surface area (Å²) in [5.41, 5.74) is 1.60. The Morgan fingerprint density at radius 2 is 1.95 bits per heavy atom. The molecule has 0 bridgehead atoms. The summed E-state index contributed by atoms with van der Waals surface area (Å²) in [5, 5.41) is 0. The first-order chi connectivity index (χ1) is 9.08. The number of allylic oxidation sites excluding steroid dienone is 1. The van der Waals surface area contributed by atoms with Gasteiger partial charge in [0.15, 0.2) is 5.78 Å². The number of ketones is 1. The average molecular weight is 259 g/mol. The van der Waals surface area contributed by atoms with E-state index in [0.717, 1.165) is 12.1 Å². The Kier molecular flexibility index (Phi) is 6.00. The maximum absolute atomic E-state index is 11.8. The summed E-state index contributed by atoms with van der Waals surface area (Å²) >= 11 is 0. The number of aliphatic imine (C=N–C) groups is 1. The summed E-state index contributed by atoms with van der Waals surface area (Å²) in [6, 6.07) is 7.19. The molecule has 0 heterocycles. The molecular formula is C16H21NO2. The largest absolute Gasteiger partial charge is 0.463 e. The number of rotatable bonds is 6. The Balaban J connectivity index is 2.75. The summed E-state index contributed by atoms with van der Waals surface area (Å²) in [5.74, 6) is 0.863. The van der Waals surface area contributed by atoms with Gasteiger partial charge in [-0.15, -0.1) is 0 Å². The van der Waals surface area contributed by atoms with Crippen LogP contribution in [0.5, 0.6) is 5.75 Å². The predicted octanol–water partition coefficient (Wildman–Crippen LogP) is 4.25. The number of hydrogen-bond acceptors (Lipinski definition) is 3. The van der Waals surface area contributed by atoms with E-state index in [-0.39, 0.29) is 11.7 Å². The van der Waals surface area contributed by atoms with Gasteiger partial charge in [-0.1, -0.05) is 20.8 Å². The van der Waals surface area contributed by atoms with Crippen LogP contribution < -0.4 is 4.74 Å². The topological polar surface area (TPSA) is 38.7 Å². The molecule has 0 fully saturated rings. The van der Waals surface area contributed by atoms with E-state index in [1.165, 1.54) is 0 Å². The van der Waals surface area contributed by atoms with Crippen molar-refractivity contribution in [3.05, 3.63) is 41.8 Å². The predicted molar refractivity (Wildman–Crippen MR) is 78.8 cm³/mol. The fraction of sp³-hybridized carbons (Fsp3) is 0.375. The highest BCUT2D eigenvalue weighted by Crippen LogP contribution is 2.16. The van der Waals surface area contributed by atoms with Crippen molar-refractivity contribution < 1.29 is 9.53 Å². The molecule has 0 atom stereocenters. The first-order valence-corrected chi connectivity index (χ1v) is 6.57. The zero-order valence-corrected chi connectivity index (χ0v) is 12.0. The summed E-state index contributed by atoms with van der Waals surface area (Å²) in [6.45, 7) is 7.68. The van der Waals surface area contributed by atoms with E-state index in [2.05, 4.69) is 4.99 Å². The van der Waals surface area contributed by atoms with E-state index in [1.807, 2.05) is 27.7 Å². The molecule has 0 aliphatic carbocycles. The molecule has 0 N–H and O–H groups in total. The zero-order valence-electron chi connectivity index (χ0n) is 12.0. The van der Waals surface area contributed by atoms with Gasteiger partial charge in [0, 0.05) is 17.7 Å². The Hall–Kier alpha value is -1.90. The summed E-state index contributed by atoms with van der Waals surface area (Å²) < 4.78 is 5.52. The Morgan fingerprint density at radius 1 is 1.32 bits per heavy atom. The van der Waals surface area contributed by atoms with Crippen LogP contribution in [-0.4, -0.2) is 12.0 Å². The van der Waals surface area contributed by atoms with E-state index in [4.69, 9.17) is 4.74 Å². The van der Waals surface area contributed by atoms with Gasteiger partial charge in [0.1, 0.15) is 12.0 Å². The average Bonchev–Trinajstić information content (AvgIpc) is 2.43. The number of carbonyl (C=O) groups is 1. The first-order valence-electron chi connectivity index (χ1n) is 6.57. The van der Waals surface area contributed by atoms with Crippen LogP contribution in [0.2, 0.25) is 0 Å². The van der Waals surface area contributed by atoms with Gasteiger partial charge in [0.2, 0.25) is 0 Å². The second-order valence-corrected chi connectivity index (χ2v) is 4.51. The number of hydrogen-bond donors (Lipinski definition) is 0. The summed E-state index contributed by atoms with van der Waals surface area (Å²) in [7, 11) is 0. The van der Waals surface area contributed by atoms with Crippen molar-refractivity contribution in [3.63, 3.8) is 0 Å². The second kappa shape index (κ2) is 7.52. The number of Topliss-reactive ketones (excluding diaryl/α,β-unsaturated/α-hetero) is 1. The molecular weight excluding hydrogens is 238 g/mol. The van der Waals surface area contributed by atoms with Crippen molar-refractivity contribution in [1.82, 2.24) is 0 Å². The lowest BCUT2D eigenvalue weighted by Crippen LogP contribution is -2.06. The van der Waals surface area contributed by atoms with Crippen LogP contribution in [0.4, 0.5) is 0 Å². The Bertz CT molecular complexity index is 470. The van der Waals surface area contributed by atoms with Gasteiger partial charge >= 0.3 is 0 Å². The van der Waals surface area contributed by atoms with E-state index >= 15 is 0 Å². The lowest BCUT2D eigenvalue weighted by molar-refractivity contribution is 0.0939. The molecule has 0 amide bonds. The molecule has 19 heavy (non-hydrogen) atoms. The van der Waals surface area contributed by atoms with Gasteiger partial charge < -0.3 is 4.74 Å². The quantitative estimate of drug-likeness (QED) is 0.435. The highest BCUT2D eigenvalue weighted by molar-refractivity contribution is 5.97. The van der Waals surface area contributed by atoms with Gasteiger partial charge in [0.25, 0.3) is 0 Å². The minimum atomic E-state index is 0.0113. The minimum absolute atomic E-state index is 0.0113. The molecule has 1 aromatic carbocycles. The van der Waals surface area contributed by atoms with Gasteiger partial charge in [-0.25, -0.2) is 0 Å². The van der Waals surface area contributed by atoms with Gasteiger partial charge in [-0.05, 0) is 37.6 Å². The molecule has 0 spiro atoms. The van der Waals surface area contributed by atoms with Gasteiger partial charge in [-0.2, -0.15) is 0 Å². The van der Waals surface area contributed by atoms with Crippen molar-refractivity contribution in [2.75, 3.05) is 0 Å². The van der Waals surface area contributed by atoms with Crippen LogP contribution in [0.15, 0.2) is 41.2 Å². The molecule has 0 unspecified atom stereocenters.